The Morgan fingerprint density at radius 3 is 2.29 bits per heavy atom. The van der Waals surface area contributed by atoms with E-state index >= 15 is 0 Å². The fraction of sp³-hybridized carbons (Fsp3) is 0.909. The third-order valence-corrected chi connectivity index (χ3v) is 5.33. The van der Waals surface area contributed by atoms with E-state index in [9.17, 15) is 13.2 Å². The highest BCUT2D eigenvalue weighted by molar-refractivity contribution is 7.92. The molecule has 0 spiro atoms. The first-order valence-corrected chi connectivity index (χ1v) is 8.07. The van der Waals surface area contributed by atoms with Crippen molar-refractivity contribution in [3.05, 3.63) is 0 Å². The van der Waals surface area contributed by atoms with Gasteiger partial charge in [0.25, 0.3) is 0 Å². The van der Waals surface area contributed by atoms with Crippen LogP contribution in [0.25, 0.3) is 0 Å². The number of hydrogen-bond donors (Lipinski definition) is 2. The summed E-state index contributed by atoms with van der Waals surface area (Å²) in [5.41, 5.74) is 0. The third-order valence-electron chi connectivity index (χ3n) is 3.83. The normalized spacial score (nSPS) is 34.4. The van der Waals surface area contributed by atoms with Crippen LogP contribution in [0.1, 0.15) is 32.6 Å². The van der Waals surface area contributed by atoms with Crippen LogP contribution in [0.15, 0.2) is 0 Å². The molecular formula is C11H20N2O3S. The van der Waals surface area contributed by atoms with Crippen molar-refractivity contribution < 1.29 is 13.2 Å². The molecule has 2 aliphatic heterocycles. The maximum absolute atomic E-state index is 11.8. The van der Waals surface area contributed by atoms with Gasteiger partial charge in [0.2, 0.25) is 5.91 Å². The van der Waals surface area contributed by atoms with Crippen molar-refractivity contribution >= 4 is 15.7 Å². The van der Waals surface area contributed by atoms with Crippen LogP contribution in [0.3, 0.4) is 0 Å². The van der Waals surface area contributed by atoms with E-state index in [4.69, 9.17) is 0 Å². The lowest BCUT2D eigenvalue weighted by Crippen LogP contribution is -2.50. The molecule has 3 atom stereocenters. The minimum Gasteiger partial charge on any atom is -0.352 e. The summed E-state index contributed by atoms with van der Waals surface area (Å²) in [6.45, 7) is 1.44. The van der Waals surface area contributed by atoms with Crippen LogP contribution in [-0.2, 0) is 14.6 Å². The SMILES string of the molecule is CC(C(=O)NC1CC2CCC(C1)N2)S(C)(=O)=O. The molecule has 5 nitrogen and oxygen atoms in total. The van der Waals surface area contributed by atoms with Gasteiger partial charge in [-0.1, -0.05) is 0 Å². The summed E-state index contributed by atoms with van der Waals surface area (Å²) < 4.78 is 22.6. The summed E-state index contributed by atoms with van der Waals surface area (Å²) in [6.07, 6.45) is 5.26. The van der Waals surface area contributed by atoms with Crippen LogP contribution >= 0.6 is 0 Å². The lowest BCUT2D eigenvalue weighted by Gasteiger charge is -2.30. The second-order valence-corrected chi connectivity index (χ2v) is 7.65. The first-order valence-electron chi connectivity index (χ1n) is 6.11. The van der Waals surface area contributed by atoms with Crippen molar-refractivity contribution in [1.82, 2.24) is 10.6 Å². The molecule has 17 heavy (non-hydrogen) atoms. The van der Waals surface area contributed by atoms with Crippen LogP contribution < -0.4 is 10.6 Å². The van der Waals surface area contributed by atoms with Gasteiger partial charge in [-0.15, -0.1) is 0 Å². The molecule has 0 aliphatic carbocycles. The molecule has 0 saturated carbocycles. The molecular weight excluding hydrogens is 240 g/mol. The predicted octanol–water partition coefficient (Wildman–Crippen LogP) is -0.181. The number of carbonyl (C=O) groups excluding carboxylic acids is 1. The lowest BCUT2D eigenvalue weighted by atomic mass is 10.00. The highest BCUT2D eigenvalue weighted by atomic mass is 32.2. The summed E-state index contributed by atoms with van der Waals surface area (Å²) in [7, 11) is -3.29. The van der Waals surface area contributed by atoms with Gasteiger partial charge in [-0.3, -0.25) is 4.79 Å². The second kappa shape index (κ2) is 4.57. The minimum absolute atomic E-state index is 0.130. The lowest BCUT2D eigenvalue weighted by molar-refractivity contribution is -0.121. The topological polar surface area (TPSA) is 75.3 Å². The van der Waals surface area contributed by atoms with Crippen molar-refractivity contribution in [2.45, 2.75) is 56.0 Å². The Morgan fingerprint density at radius 1 is 1.29 bits per heavy atom. The zero-order valence-electron chi connectivity index (χ0n) is 10.3. The molecule has 2 aliphatic rings. The van der Waals surface area contributed by atoms with Gasteiger partial charge in [-0.05, 0) is 32.6 Å². The summed E-state index contributed by atoms with van der Waals surface area (Å²) in [5.74, 6) is -0.362. The van der Waals surface area contributed by atoms with Gasteiger partial charge in [0.15, 0.2) is 9.84 Å². The Kier molecular flexibility index (Phi) is 3.45. The van der Waals surface area contributed by atoms with E-state index < -0.39 is 15.1 Å². The van der Waals surface area contributed by atoms with Gasteiger partial charge >= 0.3 is 0 Å². The molecule has 2 heterocycles. The highest BCUT2D eigenvalue weighted by Gasteiger charge is 2.35. The van der Waals surface area contributed by atoms with Gasteiger partial charge in [-0.2, -0.15) is 0 Å². The number of nitrogens with one attached hydrogen (secondary N) is 2. The fourth-order valence-electron chi connectivity index (χ4n) is 2.69. The van der Waals surface area contributed by atoms with E-state index in [2.05, 4.69) is 10.6 Å². The van der Waals surface area contributed by atoms with Gasteiger partial charge in [0.1, 0.15) is 5.25 Å². The molecule has 3 unspecified atom stereocenters. The van der Waals surface area contributed by atoms with Crippen LogP contribution in [0.2, 0.25) is 0 Å². The number of hydrogen-bond acceptors (Lipinski definition) is 4. The van der Waals surface area contributed by atoms with Gasteiger partial charge in [0, 0.05) is 24.4 Å². The largest absolute Gasteiger partial charge is 0.352 e. The minimum atomic E-state index is -3.29. The molecule has 0 aromatic rings. The van der Waals surface area contributed by atoms with Crippen molar-refractivity contribution in [3.8, 4) is 0 Å². The smallest absolute Gasteiger partial charge is 0.238 e. The zero-order chi connectivity index (χ0) is 12.6. The molecule has 2 saturated heterocycles. The van der Waals surface area contributed by atoms with E-state index in [0.717, 1.165) is 19.1 Å². The van der Waals surface area contributed by atoms with Crippen LogP contribution in [0, 0.1) is 0 Å². The number of fused-ring (bicyclic) bond motifs is 2. The number of amides is 1. The zero-order valence-corrected chi connectivity index (χ0v) is 11.1. The van der Waals surface area contributed by atoms with E-state index in [1.807, 2.05) is 0 Å². The van der Waals surface area contributed by atoms with E-state index in [0.29, 0.717) is 12.1 Å². The van der Waals surface area contributed by atoms with Gasteiger partial charge in [-0.25, -0.2) is 8.42 Å². The molecule has 2 fully saturated rings. The summed E-state index contributed by atoms with van der Waals surface area (Å²) in [4.78, 5) is 11.8. The first-order chi connectivity index (χ1) is 7.86. The standard InChI is InChI=1S/C11H20N2O3S/c1-7(17(2,15)16)11(14)13-10-5-8-3-4-9(6-10)12-8/h7-10,12H,3-6H2,1-2H3,(H,13,14). The second-order valence-electron chi connectivity index (χ2n) is 5.29. The van der Waals surface area contributed by atoms with Gasteiger partial charge < -0.3 is 10.6 Å². The van der Waals surface area contributed by atoms with Crippen molar-refractivity contribution in [2.75, 3.05) is 6.26 Å². The van der Waals surface area contributed by atoms with E-state index in [-0.39, 0.29) is 11.9 Å². The van der Waals surface area contributed by atoms with Crippen molar-refractivity contribution in [1.29, 1.82) is 0 Å². The van der Waals surface area contributed by atoms with Crippen LogP contribution in [0.4, 0.5) is 0 Å². The molecule has 0 aromatic heterocycles. The Labute approximate surface area is 102 Å². The number of piperidine rings is 1. The van der Waals surface area contributed by atoms with Crippen LogP contribution in [-0.4, -0.2) is 44.0 Å². The molecule has 2 N–H and O–H groups in total. The molecule has 98 valence electrons. The quantitative estimate of drug-likeness (QED) is 0.738. The monoisotopic (exact) mass is 260 g/mol. The maximum Gasteiger partial charge on any atom is 0.238 e. The Morgan fingerprint density at radius 2 is 1.82 bits per heavy atom. The van der Waals surface area contributed by atoms with Gasteiger partial charge in [0.05, 0.1) is 0 Å². The molecule has 1 amide bonds. The first kappa shape index (κ1) is 12.8. The molecule has 0 aromatic carbocycles. The molecule has 2 rings (SSSR count). The average Bonchev–Trinajstić information content (AvgIpc) is 2.55. The predicted molar refractivity (Wildman–Crippen MR) is 65.4 cm³/mol. The van der Waals surface area contributed by atoms with Crippen LogP contribution in [0.5, 0.6) is 0 Å². The fourth-order valence-corrected chi connectivity index (χ4v) is 3.14. The molecule has 6 heteroatoms. The summed E-state index contributed by atoms with van der Waals surface area (Å²) in [5, 5.41) is 5.40. The number of sulfone groups is 1. The van der Waals surface area contributed by atoms with Crippen molar-refractivity contribution in [3.63, 3.8) is 0 Å². The van der Waals surface area contributed by atoms with E-state index in [1.54, 1.807) is 0 Å². The Bertz CT molecular complexity index is 395. The number of carbonyl (C=O) groups is 1. The third kappa shape index (κ3) is 2.98. The molecule has 2 bridgehead atoms. The highest BCUT2D eigenvalue weighted by Crippen LogP contribution is 2.26. The average molecular weight is 260 g/mol. The summed E-state index contributed by atoms with van der Waals surface area (Å²) in [6, 6.07) is 1.12. The Balaban J connectivity index is 1.91. The number of rotatable bonds is 3. The Hall–Kier alpha value is -0.620. The maximum atomic E-state index is 11.8. The van der Waals surface area contributed by atoms with Crippen molar-refractivity contribution in [2.24, 2.45) is 0 Å². The van der Waals surface area contributed by atoms with E-state index in [1.165, 1.54) is 19.8 Å². The molecule has 0 radical (unpaired) electrons. The summed E-state index contributed by atoms with van der Waals surface area (Å²) >= 11 is 0.